The van der Waals surface area contributed by atoms with Crippen molar-refractivity contribution in [3.05, 3.63) is 94.4 Å². The number of para-hydroxylation sites is 1. The van der Waals surface area contributed by atoms with Gasteiger partial charge in [-0.05, 0) is 36.2 Å². The number of fused-ring (bicyclic) bond motifs is 3. The van der Waals surface area contributed by atoms with Gasteiger partial charge < -0.3 is 19.6 Å². The van der Waals surface area contributed by atoms with E-state index in [9.17, 15) is 19.1 Å². The number of anilines is 1. The van der Waals surface area contributed by atoms with Gasteiger partial charge in [-0.3, -0.25) is 14.2 Å². The Balaban J connectivity index is 1.32. The number of carboxylic acid groups (broad SMARTS) is 1. The SMILES string of the molecule is C[C@@H](Nc1cnc(-c2ccc(C3(F)COC3)cc2)n(CC(=O)O)c1=O)c1ccc2oc3ccccc3c2c1. The van der Waals surface area contributed by atoms with Crippen molar-refractivity contribution in [1.82, 2.24) is 9.55 Å². The molecule has 9 heteroatoms. The Hall–Kier alpha value is -4.50. The lowest BCUT2D eigenvalue weighted by Gasteiger charge is -2.34. The summed E-state index contributed by atoms with van der Waals surface area (Å²) < 4.78 is 26.7. The summed E-state index contributed by atoms with van der Waals surface area (Å²) >= 11 is 0. The molecule has 0 bridgehead atoms. The lowest BCUT2D eigenvalue weighted by atomic mass is 9.93. The number of nitrogens with one attached hydrogen (secondary N) is 1. The third-order valence-corrected chi connectivity index (χ3v) is 6.94. The highest BCUT2D eigenvalue weighted by Gasteiger charge is 2.40. The molecular weight excluding hydrogens is 489 g/mol. The Labute approximate surface area is 216 Å². The summed E-state index contributed by atoms with van der Waals surface area (Å²) in [4.78, 5) is 29.4. The molecule has 1 saturated heterocycles. The lowest BCUT2D eigenvalue weighted by molar-refractivity contribution is -0.137. The Morgan fingerprint density at radius 2 is 1.84 bits per heavy atom. The van der Waals surface area contributed by atoms with Gasteiger partial charge in [0.1, 0.15) is 29.2 Å². The standard InChI is InChI=1S/C29H24FN3O5/c1-17(19-8-11-25-22(12-19)21-4-2-3-5-24(21)38-25)32-23-13-31-27(33(28(23)36)14-26(34)35)18-6-9-20(10-7-18)29(30)15-37-16-29/h2-13,17,32H,14-16H2,1H3,(H,34,35)/t17-/m1/s1. The van der Waals surface area contributed by atoms with Crippen LogP contribution in [0.2, 0.25) is 0 Å². The molecule has 192 valence electrons. The van der Waals surface area contributed by atoms with Crippen LogP contribution in [0.5, 0.6) is 0 Å². The third kappa shape index (κ3) is 4.10. The normalized spacial score (nSPS) is 15.3. The molecule has 1 atom stereocenters. The van der Waals surface area contributed by atoms with Crippen LogP contribution >= 0.6 is 0 Å². The molecule has 0 unspecified atom stereocenters. The van der Waals surface area contributed by atoms with Crippen LogP contribution in [0.25, 0.3) is 33.3 Å². The first-order valence-electron chi connectivity index (χ1n) is 12.2. The highest BCUT2D eigenvalue weighted by Crippen LogP contribution is 2.35. The highest BCUT2D eigenvalue weighted by atomic mass is 19.1. The molecule has 2 N–H and O–H groups in total. The number of hydrogen-bond donors (Lipinski definition) is 2. The van der Waals surface area contributed by atoms with Crippen LogP contribution in [0.3, 0.4) is 0 Å². The number of furan rings is 1. The average molecular weight is 514 g/mol. The minimum atomic E-state index is -1.53. The van der Waals surface area contributed by atoms with E-state index in [4.69, 9.17) is 9.15 Å². The number of halogens is 1. The zero-order valence-corrected chi connectivity index (χ0v) is 20.5. The van der Waals surface area contributed by atoms with Crippen molar-refractivity contribution < 1.29 is 23.4 Å². The molecule has 8 nitrogen and oxygen atoms in total. The predicted molar refractivity (Wildman–Crippen MR) is 141 cm³/mol. The summed E-state index contributed by atoms with van der Waals surface area (Å²) in [6.45, 7) is 1.34. The van der Waals surface area contributed by atoms with Gasteiger partial charge in [0.05, 0.1) is 19.4 Å². The number of rotatable bonds is 7. The van der Waals surface area contributed by atoms with Gasteiger partial charge in [-0.25, -0.2) is 9.37 Å². The number of aliphatic carboxylic acids is 1. The van der Waals surface area contributed by atoms with Crippen molar-refractivity contribution in [3.63, 3.8) is 0 Å². The first-order valence-corrected chi connectivity index (χ1v) is 12.2. The number of aromatic nitrogens is 2. The lowest BCUT2D eigenvalue weighted by Crippen LogP contribution is -2.42. The van der Waals surface area contributed by atoms with Crippen LogP contribution in [0.1, 0.15) is 24.1 Å². The Bertz CT molecular complexity index is 1740. The van der Waals surface area contributed by atoms with Crippen molar-refractivity contribution >= 4 is 33.6 Å². The topological polar surface area (TPSA) is 107 Å². The zero-order chi connectivity index (χ0) is 26.4. The van der Waals surface area contributed by atoms with Crippen molar-refractivity contribution in [1.29, 1.82) is 0 Å². The fraction of sp³-hybridized carbons (Fsp3) is 0.207. The summed E-state index contributed by atoms with van der Waals surface area (Å²) in [7, 11) is 0. The molecule has 6 rings (SSSR count). The van der Waals surface area contributed by atoms with Crippen molar-refractivity contribution in [3.8, 4) is 11.4 Å². The quantitative estimate of drug-likeness (QED) is 0.306. The van der Waals surface area contributed by atoms with Crippen LogP contribution < -0.4 is 10.9 Å². The summed E-state index contributed by atoms with van der Waals surface area (Å²) in [6, 6.07) is 19.8. The fourth-order valence-corrected chi connectivity index (χ4v) is 4.80. The maximum Gasteiger partial charge on any atom is 0.323 e. The minimum absolute atomic E-state index is 0.00335. The summed E-state index contributed by atoms with van der Waals surface area (Å²) in [5.74, 6) is -0.991. The van der Waals surface area contributed by atoms with E-state index >= 15 is 0 Å². The average Bonchev–Trinajstić information content (AvgIpc) is 3.27. The zero-order valence-electron chi connectivity index (χ0n) is 20.5. The van der Waals surface area contributed by atoms with Crippen molar-refractivity contribution in [2.75, 3.05) is 18.5 Å². The van der Waals surface area contributed by atoms with Gasteiger partial charge in [0.2, 0.25) is 0 Å². The monoisotopic (exact) mass is 513 g/mol. The molecule has 0 radical (unpaired) electrons. The minimum Gasteiger partial charge on any atom is -0.480 e. The maximum absolute atomic E-state index is 14.7. The number of ether oxygens (including phenoxy) is 1. The Morgan fingerprint density at radius 1 is 1.11 bits per heavy atom. The van der Waals surface area contributed by atoms with E-state index in [-0.39, 0.29) is 30.8 Å². The smallest absolute Gasteiger partial charge is 0.323 e. The van der Waals surface area contributed by atoms with Gasteiger partial charge in [0, 0.05) is 22.4 Å². The van der Waals surface area contributed by atoms with E-state index in [1.165, 1.54) is 6.20 Å². The molecule has 3 heterocycles. The number of benzene rings is 3. The number of carbonyl (C=O) groups is 1. The van der Waals surface area contributed by atoms with Gasteiger partial charge in [-0.1, -0.05) is 48.5 Å². The van der Waals surface area contributed by atoms with E-state index in [1.54, 1.807) is 24.3 Å². The molecule has 0 spiro atoms. The molecule has 2 aromatic heterocycles. The predicted octanol–water partition coefficient (Wildman–Crippen LogP) is 5.26. The van der Waals surface area contributed by atoms with Crippen LogP contribution in [-0.2, 0) is 21.7 Å². The van der Waals surface area contributed by atoms with E-state index in [2.05, 4.69) is 10.3 Å². The van der Waals surface area contributed by atoms with E-state index in [0.29, 0.717) is 11.1 Å². The highest BCUT2D eigenvalue weighted by molar-refractivity contribution is 6.05. The molecule has 0 amide bonds. The van der Waals surface area contributed by atoms with Crippen molar-refractivity contribution in [2.45, 2.75) is 25.2 Å². The first-order chi connectivity index (χ1) is 18.3. The number of nitrogens with zero attached hydrogens (tertiary/aromatic N) is 2. The molecule has 0 saturated carbocycles. The van der Waals surface area contributed by atoms with Gasteiger partial charge in [-0.2, -0.15) is 0 Å². The molecule has 1 aliphatic rings. The maximum atomic E-state index is 14.7. The molecule has 3 aromatic carbocycles. The van der Waals surface area contributed by atoms with E-state index in [0.717, 1.165) is 32.1 Å². The summed E-state index contributed by atoms with van der Waals surface area (Å²) in [6.07, 6.45) is 1.41. The summed E-state index contributed by atoms with van der Waals surface area (Å²) in [5, 5.41) is 14.6. The summed E-state index contributed by atoms with van der Waals surface area (Å²) in [5.41, 5.74) is 1.60. The molecular formula is C29H24FN3O5. The Kier molecular flexibility index (Phi) is 5.72. The number of carboxylic acids is 1. The Morgan fingerprint density at radius 3 is 2.55 bits per heavy atom. The van der Waals surface area contributed by atoms with Crippen LogP contribution in [0, 0.1) is 0 Å². The first kappa shape index (κ1) is 23.9. The second kappa shape index (κ2) is 9.11. The van der Waals surface area contributed by atoms with E-state index < -0.39 is 23.7 Å². The van der Waals surface area contributed by atoms with Gasteiger partial charge in [-0.15, -0.1) is 0 Å². The molecule has 0 aliphatic carbocycles. The molecule has 5 aromatic rings. The van der Waals surface area contributed by atoms with Gasteiger partial charge >= 0.3 is 5.97 Å². The van der Waals surface area contributed by atoms with Crippen LogP contribution in [-0.4, -0.2) is 33.8 Å². The van der Waals surface area contributed by atoms with E-state index in [1.807, 2.05) is 49.4 Å². The van der Waals surface area contributed by atoms with Crippen molar-refractivity contribution in [2.24, 2.45) is 0 Å². The fourth-order valence-electron chi connectivity index (χ4n) is 4.80. The molecule has 1 aliphatic heterocycles. The number of alkyl halides is 1. The molecule has 38 heavy (non-hydrogen) atoms. The van der Waals surface area contributed by atoms with Gasteiger partial charge in [0.25, 0.3) is 5.56 Å². The third-order valence-electron chi connectivity index (χ3n) is 6.94. The number of hydrogen-bond acceptors (Lipinski definition) is 6. The van der Waals surface area contributed by atoms with Gasteiger partial charge in [0.15, 0.2) is 5.67 Å². The second-order valence-electron chi connectivity index (χ2n) is 9.54. The van der Waals surface area contributed by atoms with Crippen LogP contribution in [0.4, 0.5) is 10.1 Å². The molecule has 1 fully saturated rings. The second-order valence-corrected chi connectivity index (χ2v) is 9.54. The van der Waals surface area contributed by atoms with Crippen LogP contribution in [0.15, 0.2) is 82.1 Å². The largest absolute Gasteiger partial charge is 0.480 e.